The second kappa shape index (κ2) is 8.53. The van der Waals surface area contributed by atoms with Gasteiger partial charge in [-0.3, -0.25) is 4.79 Å². The molecule has 0 aliphatic carbocycles. The number of ketones is 1. The number of carbonyl (C=O) groups is 1. The second-order valence-electron chi connectivity index (χ2n) is 2.47. The topological polar surface area (TPSA) is 41.5 Å². The molecule has 0 heterocycles. The van der Waals surface area contributed by atoms with E-state index in [2.05, 4.69) is 17.5 Å². The molecule has 0 atom stereocenters. The zero-order chi connectivity index (χ0) is 9.23. The highest BCUT2D eigenvalue weighted by molar-refractivity contribution is 6.41. The van der Waals surface area contributed by atoms with Crippen LogP contribution in [0, 0.1) is 0 Å². The van der Waals surface area contributed by atoms with Gasteiger partial charge in [0.15, 0.2) is 5.78 Å². The maximum Gasteiger partial charge on any atom is 0.190 e. The third-order valence-electron chi connectivity index (χ3n) is 1.32. The molecule has 0 saturated heterocycles. The lowest BCUT2D eigenvalue weighted by Gasteiger charge is -1.96. The molecule has 0 aliphatic heterocycles. The van der Waals surface area contributed by atoms with E-state index < -0.39 is 0 Å². The first-order valence-corrected chi connectivity index (χ1v) is 4.69. The summed E-state index contributed by atoms with van der Waals surface area (Å²) in [5.74, 6) is -0.167. The summed E-state index contributed by atoms with van der Waals surface area (Å²) in [5.41, 5.74) is 2.78. The van der Waals surface area contributed by atoms with Crippen molar-refractivity contribution in [3.63, 3.8) is 0 Å². The molecule has 0 unspecified atom stereocenters. The fraction of sp³-hybridized carbons (Fsp3) is 0.750. The van der Waals surface area contributed by atoms with Gasteiger partial charge in [0, 0.05) is 6.54 Å². The van der Waals surface area contributed by atoms with Gasteiger partial charge in [-0.05, 0) is 6.42 Å². The number of carbonyl (C=O) groups excluding carboxylic acids is 1. The van der Waals surface area contributed by atoms with Crippen LogP contribution in [0.5, 0.6) is 0 Å². The largest absolute Gasteiger partial charge is 0.310 e. The van der Waals surface area contributed by atoms with Gasteiger partial charge in [-0.2, -0.15) is 5.10 Å². The fourth-order valence-electron chi connectivity index (χ4n) is 0.671. The van der Waals surface area contributed by atoms with E-state index in [-0.39, 0.29) is 11.7 Å². The van der Waals surface area contributed by atoms with Gasteiger partial charge in [-0.15, -0.1) is 11.6 Å². The van der Waals surface area contributed by atoms with E-state index in [9.17, 15) is 4.79 Å². The molecule has 0 spiro atoms. The van der Waals surface area contributed by atoms with E-state index in [1.807, 2.05) is 0 Å². The Hall–Kier alpha value is -0.570. The molecule has 1 N–H and O–H groups in total. The number of rotatable bonds is 7. The Labute approximate surface area is 78.2 Å². The van der Waals surface area contributed by atoms with Crippen LogP contribution in [0.25, 0.3) is 0 Å². The molecule has 0 fully saturated rings. The SMILES string of the molecule is CCCCCNN=CC(=O)CCl. The first kappa shape index (κ1) is 11.4. The van der Waals surface area contributed by atoms with Crippen LogP contribution in [-0.4, -0.2) is 24.4 Å². The molecule has 0 aliphatic rings. The molecule has 0 amide bonds. The lowest BCUT2D eigenvalue weighted by molar-refractivity contribution is -0.110. The molecule has 0 radical (unpaired) electrons. The number of nitrogens with one attached hydrogen (secondary N) is 1. The maximum absolute atomic E-state index is 10.6. The number of halogens is 1. The van der Waals surface area contributed by atoms with E-state index in [0.29, 0.717) is 0 Å². The minimum Gasteiger partial charge on any atom is -0.310 e. The Morgan fingerprint density at radius 3 is 2.92 bits per heavy atom. The summed E-state index contributed by atoms with van der Waals surface area (Å²) in [5, 5.41) is 3.70. The van der Waals surface area contributed by atoms with Crippen molar-refractivity contribution >= 4 is 23.6 Å². The van der Waals surface area contributed by atoms with Crippen LogP contribution in [0.2, 0.25) is 0 Å². The van der Waals surface area contributed by atoms with Gasteiger partial charge in [0.2, 0.25) is 0 Å². The van der Waals surface area contributed by atoms with Crippen LogP contribution >= 0.6 is 11.6 Å². The predicted octanol–water partition coefficient (Wildman–Crippen LogP) is 1.56. The van der Waals surface area contributed by atoms with Crippen LogP contribution in [0.15, 0.2) is 5.10 Å². The van der Waals surface area contributed by atoms with Crippen LogP contribution < -0.4 is 5.43 Å². The number of alkyl halides is 1. The molecule has 4 heteroatoms. The highest BCUT2D eigenvalue weighted by Gasteiger charge is 1.90. The van der Waals surface area contributed by atoms with E-state index in [1.165, 1.54) is 19.1 Å². The predicted molar refractivity (Wildman–Crippen MR) is 51.7 cm³/mol. The lowest BCUT2D eigenvalue weighted by Crippen LogP contribution is -2.10. The molecule has 0 saturated carbocycles. The highest BCUT2D eigenvalue weighted by Crippen LogP contribution is 1.90. The Balaban J connectivity index is 3.18. The number of hydrazone groups is 1. The van der Waals surface area contributed by atoms with E-state index >= 15 is 0 Å². The minimum atomic E-state index is -0.167. The zero-order valence-electron chi connectivity index (χ0n) is 7.35. The van der Waals surface area contributed by atoms with Crippen LogP contribution in [-0.2, 0) is 4.79 Å². The summed E-state index contributed by atoms with van der Waals surface area (Å²) < 4.78 is 0. The van der Waals surface area contributed by atoms with Gasteiger partial charge in [0.05, 0.1) is 12.1 Å². The second-order valence-corrected chi connectivity index (χ2v) is 2.74. The van der Waals surface area contributed by atoms with Gasteiger partial charge in [-0.1, -0.05) is 19.8 Å². The third-order valence-corrected chi connectivity index (χ3v) is 1.59. The molecule has 0 aromatic carbocycles. The number of Topliss-reactive ketones (excluding diaryl/α,β-unsaturated/α-hetero) is 1. The van der Waals surface area contributed by atoms with Crippen molar-refractivity contribution in [2.75, 3.05) is 12.4 Å². The summed E-state index contributed by atoms with van der Waals surface area (Å²) in [6.45, 7) is 2.96. The minimum absolute atomic E-state index is 0.000139. The van der Waals surface area contributed by atoms with Crippen molar-refractivity contribution in [3.8, 4) is 0 Å². The van der Waals surface area contributed by atoms with E-state index in [4.69, 9.17) is 11.6 Å². The van der Waals surface area contributed by atoms with E-state index in [0.717, 1.165) is 13.0 Å². The van der Waals surface area contributed by atoms with Crippen LogP contribution in [0.3, 0.4) is 0 Å². The number of hydrogen-bond acceptors (Lipinski definition) is 3. The fourth-order valence-corrected chi connectivity index (χ4v) is 0.740. The quantitative estimate of drug-likeness (QED) is 0.287. The summed E-state index contributed by atoms with van der Waals surface area (Å²) in [4.78, 5) is 10.6. The zero-order valence-corrected chi connectivity index (χ0v) is 8.10. The number of unbranched alkanes of at least 4 members (excludes halogenated alkanes) is 2. The van der Waals surface area contributed by atoms with Crippen molar-refractivity contribution in [3.05, 3.63) is 0 Å². The molecular weight excluding hydrogens is 176 g/mol. The summed E-state index contributed by atoms with van der Waals surface area (Å²) in [6, 6.07) is 0. The molecular formula is C8H15ClN2O. The van der Waals surface area contributed by atoms with E-state index in [1.54, 1.807) is 0 Å². The van der Waals surface area contributed by atoms with Gasteiger partial charge in [0.25, 0.3) is 0 Å². The summed E-state index contributed by atoms with van der Waals surface area (Å²) in [6.07, 6.45) is 4.68. The van der Waals surface area contributed by atoms with Gasteiger partial charge < -0.3 is 5.43 Å². The molecule has 70 valence electrons. The summed E-state index contributed by atoms with van der Waals surface area (Å²) >= 11 is 5.25. The molecule has 0 bridgehead atoms. The standard InChI is InChI=1S/C8H15ClN2O/c1-2-3-4-5-10-11-7-8(12)6-9/h7,10H,2-6H2,1H3. The Bertz CT molecular complexity index is 148. The maximum atomic E-state index is 10.6. The van der Waals surface area contributed by atoms with Gasteiger partial charge >= 0.3 is 0 Å². The van der Waals surface area contributed by atoms with Gasteiger partial charge in [0.1, 0.15) is 0 Å². The van der Waals surface area contributed by atoms with Crippen molar-refractivity contribution in [2.45, 2.75) is 26.2 Å². The number of nitrogens with zero attached hydrogens (tertiary/aromatic N) is 1. The van der Waals surface area contributed by atoms with Crippen LogP contribution in [0.1, 0.15) is 26.2 Å². The first-order chi connectivity index (χ1) is 5.81. The van der Waals surface area contributed by atoms with Crippen molar-refractivity contribution in [1.82, 2.24) is 5.43 Å². The number of hydrogen-bond donors (Lipinski definition) is 1. The third kappa shape index (κ3) is 7.54. The normalized spacial score (nSPS) is 10.5. The Kier molecular flexibility index (Phi) is 8.12. The smallest absolute Gasteiger partial charge is 0.190 e. The van der Waals surface area contributed by atoms with Crippen molar-refractivity contribution in [1.29, 1.82) is 0 Å². The highest BCUT2D eigenvalue weighted by atomic mass is 35.5. The lowest BCUT2D eigenvalue weighted by atomic mass is 10.3. The average Bonchev–Trinajstić information content (AvgIpc) is 2.10. The van der Waals surface area contributed by atoms with Crippen molar-refractivity contribution in [2.24, 2.45) is 5.10 Å². The Morgan fingerprint density at radius 2 is 2.33 bits per heavy atom. The summed E-state index contributed by atoms with van der Waals surface area (Å²) in [7, 11) is 0. The van der Waals surface area contributed by atoms with Gasteiger partial charge in [-0.25, -0.2) is 0 Å². The first-order valence-electron chi connectivity index (χ1n) is 4.16. The molecule has 0 aromatic heterocycles. The molecule has 12 heavy (non-hydrogen) atoms. The molecule has 0 aromatic rings. The Morgan fingerprint density at radius 1 is 1.58 bits per heavy atom. The average molecular weight is 191 g/mol. The monoisotopic (exact) mass is 190 g/mol. The van der Waals surface area contributed by atoms with Crippen LogP contribution in [0.4, 0.5) is 0 Å². The van der Waals surface area contributed by atoms with Crippen molar-refractivity contribution < 1.29 is 4.79 Å². The molecule has 0 rings (SSSR count). The molecule has 3 nitrogen and oxygen atoms in total.